The van der Waals surface area contributed by atoms with Gasteiger partial charge >= 0.3 is 0 Å². The van der Waals surface area contributed by atoms with E-state index in [0.29, 0.717) is 27.5 Å². The van der Waals surface area contributed by atoms with E-state index in [2.05, 4.69) is 20.5 Å². The summed E-state index contributed by atoms with van der Waals surface area (Å²) in [5.41, 5.74) is 1.38. The highest BCUT2D eigenvalue weighted by molar-refractivity contribution is 6.30. The highest BCUT2D eigenvalue weighted by atomic mass is 35.5. The van der Waals surface area contributed by atoms with E-state index in [4.69, 9.17) is 11.6 Å². The van der Waals surface area contributed by atoms with Crippen molar-refractivity contribution >= 4 is 22.5 Å². The number of fused-ring (bicyclic) bond motifs is 1. The molecule has 0 bridgehead atoms. The Morgan fingerprint density at radius 1 is 1.09 bits per heavy atom. The molecule has 1 N–H and O–H groups in total. The second-order valence-corrected chi connectivity index (χ2v) is 5.34. The van der Waals surface area contributed by atoms with Gasteiger partial charge < -0.3 is 4.98 Å². The quantitative estimate of drug-likeness (QED) is 0.608. The molecule has 4 rings (SSSR count). The molecule has 0 unspecified atom stereocenters. The van der Waals surface area contributed by atoms with Crippen molar-refractivity contribution in [2.75, 3.05) is 0 Å². The summed E-state index contributed by atoms with van der Waals surface area (Å²) in [6.07, 6.45) is 1.55. The molecule has 23 heavy (non-hydrogen) atoms. The Labute approximate surface area is 133 Å². The Bertz CT molecular complexity index is 1010. The number of H-pyrrole nitrogens is 1. The average Bonchev–Trinajstić information content (AvgIpc) is 3.14. The molecule has 0 aliphatic rings. The molecular weight excluding hydrogens is 324 g/mol. The third-order valence-electron chi connectivity index (χ3n) is 3.49. The number of hydrogen-bond donors (Lipinski definition) is 1. The molecule has 8 heteroatoms. The van der Waals surface area contributed by atoms with E-state index in [-0.39, 0.29) is 5.52 Å². The Morgan fingerprint density at radius 3 is 2.65 bits per heavy atom. The zero-order chi connectivity index (χ0) is 16.0. The molecule has 2 aromatic heterocycles. The lowest BCUT2D eigenvalue weighted by molar-refractivity contribution is 0.591. The highest BCUT2D eigenvalue weighted by Crippen LogP contribution is 2.30. The van der Waals surface area contributed by atoms with Crippen molar-refractivity contribution in [1.29, 1.82) is 0 Å². The third-order valence-corrected chi connectivity index (χ3v) is 3.74. The van der Waals surface area contributed by atoms with Crippen LogP contribution in [-0.2, 0) is 0 Å². The molecule has 0 radical (unpaired) electrons. The van der Waals surface area contributed by atoms with E-state index in [1.54, 1.807) is 30.5 Å². The number of nitrogens with one attached hydrogen (secondary N) is 1. The highest BCUT2D eigenvalue weighted by Gasteiger charge is 2.17. The van der Waals surface area contributed by atoms with Crippen LogP contribution in [0.5, 0.6) is 0 Å². The number of hydrogen-bond acceptors (Lipinski definition) is 3. The van der Waals surface area contributed by atoms with E-state index < -0.39 is 11.6 Å². The summed E-state index contributed by atoms with van der Waals surface area (Å²) in [4.78, 5) is 2.79. The lowest BCUT2D eigenvalue weighted by atomic mass is 10.1. The maximum atomic E-state index is 13.8. The number of tetrazole rings is 1. The largest absolute Gasteiger partial charge is 0.358 e. The molecule has 0 aliphatic carbocycles. The Hall–Kier alpha value is -2.80. The minimum atomic E-state index is -0.670. The third kappa shape index (κ3) is 2.25. The molecule has 2 aromatic carbocycles. The molecule has 0 spiro atoms. The molecule has 0 fully saturated rings. The first kappa shape index (κ1) is 13.8. The molecule has 114 valence electrons. The molecule has 5 nitrogen and oxygen atoms in total. The summed E-state index contributed by atoms with van der Waals surface area (Å²) in [7, 11) is 0. The SMILES string of the molecule is Fc1cc(F)c2[nH]cc(-c3nnnn3-c3ccc(Cl)cc3)c2c1. The van der Waals surface area contributed by atoms with Gasteiger partial charge in [0.15, 0.2) is 5.82 Å². The van der Waals surface area contributed by atoms with Crippen molar-refractivity contribution in [1.82, 2.24) is 25.2 Å². The first-order chi connectivity index (χ1) is 11.1. The molecule has 0 aliphatic heterocycles. The Morgan fingerprint density at radius 2 is 1.87 bits per heavy atom. The monoisotopic (exact) mass is 331 g/mol. The molecule has 0 saturated carbocycles. The Kier molecular flexibility index (Phi) is 3.09. The number of aromatic nitrogens is 5. The fourth-order valence-corrected chi connectivity index (χ4v) is 2.58. The topological polar surface area (TPSA) is 59.4 Å². The van der Waals surface area contributed by atoms with Crippen LogP contribution >= 0.6 is 11.6 Å². The number of halogens is 3. The molecule has 0 amide bonds. The van der Waals surface area contributed by atoms with Gasteiger partial charge in [0.05, 0.1) is 11.2 Å². The van der Waals surface area contributed by atoms with Gasteiger partial charge in [-0.15, -0.1) is 5.10 Å². The normalized spacial score (nSPS) is 11.3. The Balaban J connectivity index is 1.93. The van der Waals surface area contributed by atoms with Crippen molar-refractivity contribution in [2.24, 2.45) is 0 Å². The molecule has 2 heterocycles. The van der Waals surface area contributed by atoms with E-state index in [1.807, 2.05) is 0 Å². The second kappa shape index (κ2) is 5.13. The molecule has 4 aromatic rings. The fraction of sp³-hybridized carbons (Fsp3) is 0. The maximum Gasteiger partial charge on any atom is 0.189 e. The van der Waals surface area contributed by atoms with E-state index >= 15 is 0 Å². The van der Waals surface area contributed by atoms with Crippen LogP contribution in [0.3, 0.4) is 0 Å². The van der Waals surface area contributed by atoms with Crippen LogP contribution in [0.15, 0.2) is 42.6 Å². The predicted molar refractivity (Wildman–Crippen MR) is 81.4 cm³/mol. The van der Waals surface area contributed by atoms with E-state index in [1.165, 1.54) is 10.7 Å². The number of rotatable bonds is 2. The first-order valence-electron chi connectivity index (χ1n) is 6.64. The van der Waals surface area contributed by atoms with Gasteiger partial charge in [-0.3, -0.25) is 0 Å². The number of nitrogens with zero attached hydrogens (tertiary/aromatic N) is 4. The van der Waals surface area contributed by atoms with Crippen LogP contribution in [0, 0.1) is 11.6 Å². The van der Waals surface area contributed by atoms with Crippen molar-refractivity contribution in [2.45, 2.75) is 0 Å². The number of aromatic amines is 1. The average molecular weight is 332 g/mol. The lowest BCUT2D eigenvalue weighted by Crippen LogP contribution is -1.99. The minimum Gasteiger partial charge on any atom is -0.358 e. The van der Waals surface area contributed by atoms with Gasteiger partial charge in [0.2, 0.25) is 0 Å². The summed E-state index contributed by atoms with van der Waals surface area (Å²) in [5, 5.41) is 12.5. The van der Waals surface area contributed by atoms with Crippen LogP contribution in [0.4, 0.5) is 8.78 Å². The fourth-order valence-electron chi connectivity index (χ4n) is 2.45. The smallest absolute Gasteiger partial charge is 0.189 e. The predicted octanol–water partition coefficient (Wildman–Crippen LogP) is 3.74. The van der Waals surface area contributed by atoms with Gasteiger partial charge in [-0.25, -0.2) is 8.78 Å². The second-order valence-electron chi connectivity index (χ2n) is 4.90. The zero-order valence-electron chi connectivity index (χ0n) is 11.5. The summed E-state index contributed by atoms with van der Waals surface area (Å²) in [6.45, 7) is 0. The van der Waals surface area contributed by atoms with Gasteiger partial charge in [-0.05, 0) is 40.8 Å². The minimum absolute atomic E-state index is 0.201. The van der Waals surface area contributed by atoms with Crippen molar-refractivity contribution in [3.8, 4) is 17.1 Å². The van der Waals surface area contributed by atoms with E-state index in [0.717, 1.165) is 6.07 Å². The van der Waals surface area contributed by atoms with Gasteiger partial charge in [0.25, 0.3) is 0 Å². The van der Waals surface area contributed by atoms with Crippen molar-refractivity contribution in [3.05, 3.63) is 59.3 Å². The van der Waals surface area contributed by atoms with Crippen LogP contribution in [0.25, 0.3) is 28.0 Å². The van der Waals surface area contributed by atoms with Gasteiger partial charge in [-0.1, -0.05) is 11.6 Å². The molecule has 0 atom stereocenters. The summed E-state index contributed by atoms with van der Waals surface area (Å²) in [6, 6.07) is 8.97. The van der Waals surface area contributed by atoms with Crippen LogP contribution in [-0.4, -0.2) is 25.2 Å². The van der Waals surface area contributed by atoms with Gasteiger partial charge in [0, 0.05) is 28.2 Å². The number of benzene rings is 2. The van der Waals surface area contributed by atoms with Crippen LogP contribution in [0.2, 0.25) is 5.02 Å². The molecular formula is C15H8ClF2N5. The van der Waals surface area contributed by atoms with Crippen molar-refractivity contribution < 1.29 is 8.78 Å². The van der Waals surface area contributed by atoms with E-state index in [9.17, 15) is 8.78 Å². The standard InChI is InChI=1S/C15H8ClF2N5/c16-8-1-3-10(4-2-8)23-15(20-21-22-23)12-7-19-14-11(12)5-9(17)6-13(14)18/h1-7,19H. The van der Waals surface area contributed by atoms with Crippen LogP contribution < -0.4 is 0 Å². The summed E-state index contributed by atoms with van der Waals surface area (Å²) >= 11 is 5.88. The van der Waals surface area contributed by atoms with Crippen LogP contribution in [0.1, 0.15) is 0 Å². The summed E-state index contributed by atoms with van der Waals surface area (Å²) < 4.78 is 28.8. The lowest BCUT2D eigenvalue weighted by Gasteiger charge is -2.04. The zero-order valence-corrected chi connectivity index (χ0v) is 12.2. The van der Waals surface area contributed by atoms with Gasteiger partial charge in [0.1, 0.15) is 11.6 Å². The molecule has 0 saturated heterocycles. The summed E-state index contributed by atoms with van der Waals surface area (Å²) in [5.74, 6) is -0.971. The maximum absolute atomic E-state index is 13.8. The van der Waals surface area contributed by atoms with Gasteiger partial charge in [-0.2, -0.15) is 4.68 Å². The first-order valence-corrected chi connectivity index (χ1v) is 7.02. The van der Waals surface area contributed by atoms with Crippen molar-refractivity contribution in [3.63, 3.8) is 0 Å².